The van der Waals surface area contributed by atoms with Crippen LogP contribution in [0.15, 0.2) is 34.7 Å². The number of benzene rings is 1. The van der Waals surface area contributed by atoms with E-state index in [1.165, 1.54) is 5.56 Å². The van der Waals surface area contributed by atoms with E-state index >= 15 is 0 Å². The van der Waals surface area contributed by atoms with E-state index in [1.807, 2.05) is 39.0 Å². The predicted octanol–water partition coefficient (Wildman–Crippen LogP) is 3.72. The molecule has 1 N–H and O–H groups in total. The number of nitrogens with zero attached hydrogens (tertiary/aromatic N) is 3. The molecule has 3 aromatic rings. The topological polar surface area (TPSA) is 71.3 Å². The van der Waals surface area contributed by atoms with E-state index < -0.39 is 0 Å². The maximum atomic E-state index is 12.8. The highest BCUT2D eigenvalue weighted by Gasteiger charge is 2.28. The Morgan fingerprint density at radius 3 is 2.79 bits per heavy atom. The first kappa shape index (κ1) is 19.4. The highest BCUT2D eigenvalue weighted by atomic mass is 16.3. The van der Waals surface area contributed by atoms with Gasteiger partial charge in [-0.25, -0.2) is 4.98 Å². The highest BCUT2D eigenvalue weighted by molar-refractivity contribution is 5.90. The lowest BCUT2D eigenvalue weighted by molar-refractivity contribution is -0.125. The van der Waals surface area contributed by atoms with Crippen LogP contribution in [0.1, 0.15) is 35.6 Å². The van der Waals surface area contributed by atoms with Gasteiger partial charge < -0.3 is 14.6 Å². The molecule has 0 bridgehead atoms. The van der Waals surface area contributed by atoms with Crippen LogP contribution in [0.5, 0.6) is 0 Å². The highest BCUT2D eigenvalue weighted by Crippen LogP contribution is 2.33. The number of piperidine rings is 1. The van der Waals surface area contributed by atoms with Gasteiger partial charge in [-0.2, -0.15) is 4.98 Å². The average molecular weight is 393 g/mol. The Bertz CT molecular complexity index is 1010. The number of nitrogens with one attached hydrogen (secondary N) is 1. The summed E-state index contributed by atoms with van der Waals surface area (Å²) >= 11 is 0. The third-order valence-electron chi connectivity index (χ3n) is 5.77. The Morgan fingerprint density at radius 2 is 2.00 bits per heavy atom. The molecular formula is C23H28N4O2. The lowest BCUT2D eigenvalue weighted by Crippen LogP contribution is -2.44. The molecular weight excluding hydrogens is 364 g/mol. The number of fused-ring (bicyclic) bond motifs is 1. The maximum Gasteiger partial charge on any atom is 0.231 e. The van der Waals surface area contributed by atoms with Gasteiger partial charge in [0.15, 0.2) is 0 Å². The Labute approximate surface area is 171 Å². The van der Waals surface area contributed by atoms with Crippen LogP contribution in [-0.2, 0) is 11.2 Å². The van der Waals surface area contributed by atoms with Crippen LogP contribution in [-0.4, -0.2) is 35.5 Å². The number of amides is 1. The number of hydrogen-bond donors (Lipinski definition) is 1. The molecule has 29 heavy (non-hydrogen) atoms. The van der Waals surface area contributed by atoms with Gasteiger partial charge >= 0.3 is 0 Å². The van der Waals surface area contributed by atoms with Crippen LogP contribution in [0.2, 0.25) is 0 Å². The van der Waals surface area contributed by atoms with Gasteiger partial charge in [0.25, 0.3) is 0 Å². The van der Waals surface area contributed by atoms with E-state index in [9.17, 15) is 4.79 Å². The first-order chi connectivity index (χ1) is 14.0. The number of anilines is 1. The average Bonchev–Trinajstić information content (AvgIpc) is 3.01. The molecule has 1 saturated heterocycles. The molecule has 1 unspecified atom stereocenters. The molecule has 0 saturated carbocycles. The Morgan fingerprint density at radius 1 is 1.21 bits per heavy atom. The molecule has 1 aliphatic rings. The van der Waals surface area contributed by atoms with Gasteiger partial charge in [-0.05, 0) is 45.6 Å². The third kappa shape index (κ3) is 4.11. The summed E-state index contributed by atoms with van der Waals surface area (Å²) in [4.78, 5) is 24.2. The van der Waals surface area contributed by atoms with E-state index in [0.717, 1.165) is 48.3 Å². The molecule has 152 valence electrons. The van der Waals surface area contributed by atoms with Crippen molar-refractivity contribution in [2.45, 2.75) is 40.0 Å². The van der Waals surface area contributed by atoms with Crippen LogP contribution in [0, 0.1) is 26.7 Å². The number of aromatic nitrogens is 2. The quantitative estimate of drug-likeness (QED) is 0.716. The van der Waals surface area contributed by atoms with Crippen molar-refractivity contribution < 1.29 is 9.21 Å². The lowest BCUT2D eigenvalue weighted by atomic mass is 9.96. The molecule has 1 aliphatic heterocycles. The zero-order valence-electron chi connectivity index (χ0n) is 17.4. The van der Waals surface area contributed by atoms with Crippen molar-refractivity contribution in [3.8, 4) is 0 Å². The molecule has 4 rings (SSSR count). The van der Waals surface area contributed by atoms with Crippen LogP contribution in [0.3, 0.4) is 0 Å². The summed E-state index contributed by atoms with van der Waals surface area (Å²) in [6.45, 7) is 8.11. The van der Waals surface area contributed by atoms with Gasteiger partial charge in [0.2, 0.25) is 11.6 Å². The normalized spacial score (nSPS) is 16.9. The van der Waals surface area contributed by atoms with Crippen LogP contribution < -0.4 is 10.2 Å². The van der Waals surface area contributed by atoms with Gasteiger partial charge in [-0.3, -0.25) is 4.79 Å². The summed E-state index contributed by atoms with van der Waals surface area (Å²) in [6.07, 6.45) is 2.73. The maximum absolute atomic E-state index is 12.8. The fraction of sp³-hybridized carbons (Fsp3) is 0.435. The van der Waals surface area contributed by atoms with E-state index in [-0.39, 0.29) is 11.8 Å². The van der Waals surface area contributed by atoms with Gasteiger partial charge in [0.05, 0.1) is 11.3 Å². The van der Waals surface area contributed by atoms with E-state index in [1.54, 1.807) is 0 Å². The van der Waals surface area contributed by atoms with Crippen molar-refractivity contribution in [1.29, 1.82) is 0 Å². The second-order valence-corrected chi connectivity index (χ2v) is 7.87. The summed E-state index contributed by atoms with van der Waals surface area (Å²) in [7, 11) is 0. The first-order valence-corrected chi connectivity index (χ1v) is 10.3. The fourth-order valence-electron chi connectivity index (χ4n) is 4.06. The second kappa shape index (κ2) is 8.23. The predicted molar refractivity (Wildman–Crippen MR) is 114 cm³/mol. The molecule has 1 atom stereocenters. The molecule has 2 aromatic heterocycles. The number of aryl methyl sites for hydroxylation is 3. The molecule has 0 aliphatic carbocycles. The van der Waals surface area contributed by atoms with Crippen molar-refractivity contribution in [2.75, 3.05) is 24.5 Å². The van der Waals surface area contributed by atoms with Crippen molar-refractivity contribution in [1.82, 2.24) is 15.3 Å². The summed E-state index contributed by atoms with van der Waals surface area (Å²) in [6, 6.07) is 10.2. The smallest absolute Gasteiger partial charge is 0.231 e. The summed E-state index contributed by atoms with van der Waals surface area (Å²) < 4.78 is 5.82. The number of furan rings is 1. The standard InChI is InChI=1S/C23H28N4O2/c1-15-16(2)29-23-20(15)21(25-17(3)26-23)27-13-7-10-19(14-27)22(28)24-12-11-18-8-5-4-6-9-18/h4-6,8-9,19H,7,10-14H2,1-3H3,(H,24,28). The number of carbonyl (C=O) groups excluding carboxylic acids is 1. The summed E-state index contributed by atoms with van der Waals surface area (Å²) in [5.41, 5.74) is 2.95. The first-order valence-electron chi connectivity index (χ1n) is 10.3. The molecule has 6 heteroatoms. The molecule has 1 fully saturated rings. The minimum Gasteiger partial charge on any atom is -0.443 e. The van der Waals surface area contributed by atoms with Gasteiger partial charge in [-0.1, -0.05) is 30.3 Å². The molecule has 0 radical (unpaired) electrons. The molecule has 6 nitrogen and oxygen atoms in total. The van der Waals surface area contributed by atoms with Gasteiger partial charge in [0, 0.05) is 25.2 Å². The van der Waals surface area contributed by atoms with Gasteiger partial charge in [-0.15, -0.1) is 0 Å². The van der Waals surface area contributed by atoms with Crippen LogP contribution in [0.4, 0.5) is 5.82 Å². The third-order valence-corrected chi connectivity index (χ3v) is 5.77. The summed E-state index contributed by atoms with van der Waals surface area (Å²) in [5.74, 6) is 2.55. The van der Waals surface area contributed by atoms with E-state index in [4.69, 9.17) is 9.40 Å². The van der Waals surface area contributed by atoms with Crippen LogP contribution in [0.25, 0.3) is 11.1 Å². The SMILES string of the molecule is Cc1nc(N2CCCC(C(=O)NCCc3ccccc3)C2)c2c(C)c(C)oc2n1. The van der Waals surface area contributed by atoms with Crippen molar-refractivity contribution in [3.63, 3.8) is 0 Å². The largest absolute Gasteiger partial charge is 0.443 e. The van der Waals surface area contributed by atoms with Crippen molar-refractivity contribution in [3.05, 3.63) is 53.0 Å². The molecule has 1 amide bonds. The molecule has 1 aromatic carbocycles. The Balaban J connectivity index is 1.46. The number of rotatable bonds is 5. The Kier molecular flexibility index (Phi) is 5.51. The minimum atomic E-state index is -0.0295. The number of carbonyl (C=O) groups is 1. The molecule has 0 spiro atoms. The van der Waals surface area contributed by atoms with E-state index in [2.05, 4.69) is 27.3 Å². The minimum absolute atomic E-state index is 0.0295. The van der Waals surface area contributed by atoms with E-state index in [0.29, 0.717) is 24.6 Å². The zero-order valence-corrected chi connectivity index (χ0v) is 17.4. The number of hydrogen-bond acceptors (Lipinski definition) is 5. The monoisotopic (exact) mass is 392 g/mol. The fourth-order valence-corrected chi connectivity index (χ4v) is 4.06. The lowest BCUT2D eigenvalue weighted by Gasteiger charge is -2.33. The second-order valence-electron chi connectivity index (χ2n) is 7.87. The van der Waals surface area contributed by atoms with Gasteiger partial charge in [0.1, 0.15) is 17.4 Å². The van der Waals surface area contributed by atoms with Crippen LogP contribution >= 0.6 is 0 Å². The molecule has 3 heterocycles. The van der Waals surface area contributed by atoms with Crippen molar-refractivity contribution in [2.24, 2.45) is 5.92 Å². The van der Waals surface area contributed by atoms with Crippen molar-refractivity contribution >= 4 is 22.8 Å². The Hall–Kier alpha value is -2.89. The zero-order chi connectivity index (χ0) is 20.4. The summed E-state index contributed by atoms with van der Waals surface area (Å²) in [5, 5.41) is 4.09.